The van der Waals surface area contributed by atoms with Crippen LogP contribution >= 0.6 is 11.8 Å². The van der Waals surface area contributed by atoms with E-state index in [4.69, 9.17) is 4.74 Å². The van der Waals surface area contributed by atoms with Gasteiger partial charge in [0.2, 0.25) is 0 Å². The highest BCUT2D eigenvalue weighted by Gasteiger charge is 2.10. The van der Waals surface area contributed by atoms with Gasteiger partial charge in [-0.25, -0.2) is 0 Å². The third-order valence-electron chi connectivity index (χ3n) is 3.09. The number of anilines is 1. The zero-order valence-electron chi connectivity index (χ0n) is 12.5. The van der Waals surface area contributed by atoms with Crippen LogP contribution < -0.4 is 10.1 Å². The monoisotopic (exact) mass is 301 g/mol. The van der Waals surface area contributed by atoms with Gasteiger partial charge in [-0.3, -0.25) is 4.79 Å². The lowest BCUT2D eigenvalue weighted by atomic mass is 10.1. The highest BCUT2D eigenvalue weighted by molar-refractivity contribution is 7.99. The Hall–Kier alpha value is -1.94. The van der Waals surface area contributed by atoms with E-state index in [1.54, 1.807) is 24.9 Å². The molecule has 0 radical (unpaired) electrons. The molecule has 0 bridgehead atoms. The van der Waals surface area contributed by atoms with Crippen molar-refractivity contribution in [1.82, 2.24) is 0 Å². The van der Waals surface area contributed by atoms with Crippen LogP contribution in [0.1, 0.15) is 22.8 Å². The fourth-order valence-corrected chi connectivity index (χ4v) is 2.83. The zero-order chi connectivity index (χ0) is 15.2. The first-order chi connectivity index (χ1) is 10.2. The quantitative estimate of drug-likeness (QED) is 0.833. The molecule has 2 rings (SSSR count). The van der Waals surface area contributed by atoms with Crippen molar-refractivity contribution in [2.75, 3.05) is 18.2 Å². The number of hydrogen-bond donors (Lipinski definition) is 1. The summed E-state index contributed by atoms with van der Waals surface area (Å²) in [6.07, 6.45) is 0. The highest BCUT2D eigenvalue weighted by Crippen LogP contribution is 2.27. The molecule has 0 aliphatic heterocycles. The van der Waals surface area contributed by atoms with Crippen LogP contribution in [0.15, 0.2) is 47.4 Å². The number of thioether (sulfide) groups is 1. The second-order valence-corrected chi connectivity index (χ2v) is 5.87. The lowest BCUT2D eigenvalue weighted by Gasteiger charge is -2.11. The average molecular weight is 301 g/mol. The first kappa shape index (κ1) is 15.4. The average Bonchev–Trinajstić information content (AvgIpc) is 2.49. The summed E-state index contributed by atoms with van der Waals surface area (Å²) < 4.78 is 5.21. The van der Waals surface area contributed by atoms with Crippen LogP contribution in [0, 0.1) is 6.92 Å². The van der Waals surface area contributed by atoms with E-state index in [1.807, 2.05) is 43.3 Å². The molecule has 110 valence electrons. The SMILES string of the molecule is CCSc1ccccc1NC(=O)c1ccc(OC)c(C)c1. The molecule has 0 unspecified atom stereocenters. The molecule has 0 saturated heterocycles. The van der Waals surface area contributed by atoms with E-state index in [1.165, 1.54) is 0 Å². The van der Waals surface area contributed by atoms with E-state index in [2.05, 4.69) is 12.2 Å². The normalized spacial score (nSPS) is 10.2. The number of hydrogen-bond acceptors (Lipinski definition) is 3. The summed E-state index contributed by atoms with van der Waals surface area (Å²) in [5, 5.41) is 2.98. The molecule has 1 amide bonds. The van der Waals surface area contributed by atoms with Crippen LogP contribution in [0.3, 0.4) is 0 Å². The first-order valence-electron chi connectivity index (χ1n) is 6.83. The van der Waals surface area contributed by atoms with Crippen LogP contribution in [0.5, 0.6) is 5.75 Å². The maximum atomic E-state index is 12.4. The molecule has 4 heteroatoms. The van der Waals surface area contributed by atoms with Crippen molar-refractivity contribution in [3.05, 3.63) is 53.6 Å². The van der Waals surface area contributed by atoms with Crippen LogP contribution in [0.4, 0.5) is 5.69 Å². The standard InChI is InChI=1S/C17H19NO2S/c1-4-21-16-8-6-5-7-14(16)18-17(19)13-9-10-15(20-3)12(2)11-13/h5-11H,4H2,1-3H3,(H,18,19). The summed E-state index contributed by atoms with van der Waals surface area (Å²) in [6, 6.07) is 13.3. The Labute approximate surface area is 129 Å². The minimum absolute atomic E-state index is 0.107. The molecule has 21 heavy (non-hydrogen) atoms. The predicted octanol–water partition coefficient (Wildman–Crippen LogP) is 4.37. The van der Waals surface area contributed by atoms with Gasteiger partial charge in [-0.15, -0.1) is 11.8 Å². The van der Waals surface area contributed by atoms with Crippen LogP contribution in [-0.2, 0) is 0 Å². The zero-order valence-corrected chi connectivity index (χ0v) is 13.3. The summed E-state index contributed by atoms with van der Waals surface area (Å²) in [5.74, 6) is 1.65. The molecular formula is C17H19NO2S. The van der Waals surface area contributed by atoms with Crippen LogP contribution in [0.25, 0.3) is 0 Å². The number of nitrogens with one attached hydrogen (secondary N) is 1. The van der Waals surface area contributed by atoms with Crippen molar-refractivity contribution in [2.45, 2.75) is 18.7 Å². The molecule has 0 aliphatic carbocycles. The van der Waals surface area contributed by atoms with Gasteiger partial charge in [-0.05, 0) is 48.6 Å². The minimum atomic E-state index is -0.107. The van der Waals surface area contributed by atoms with Crippen LogP contribution in [-0.4, -0.2) is 18.8 Å². The van der Waals surface area contributed by atoms with E-state index in [-0.39, 0.29) is 5.91 Å². The Kier molecular flexibility index (Phi) is 5.28. The summed E-state index contributed by atoms with van der Waals surface area (Å²) >= 11 is 1.71. The van der Waals surface area contributed by atoms with E-state index in [9.17, 15) is 4.79 Å². The largest absolute Gasteiger partial charge is 0.496 e. The third kappa shape index (κ3) is 3.79. The summed E-state index contributed by atoms with van der Waals surface area (Å²) in [6.45, 7) is 4.02. The smallest absolute Gasteiger partial charge is 0.255 e. The topological polar surface area (TPSA) is 38.3 Å². The lowest BCUT2D eigenvalue weighted by molar-refractivity contribution is 0.102. The molecule has 0 aromatic heterocycles. The van der Waals surface area contributed by atoms with Gasteiger partial charge in [0.1, 0.15) is 5.75 Å². The first-order valence-corrected chi connectivity index (χ1v) is 7.82. The van der Waals surface area contributed by atoms with Crippen molar-refractivity contribution in [1.29, 1.82) is 0 Å². The van der Waals surface area contributed by atoms with Gasteiger partial charge in [0.15, 0.2) is 0 Å². The number of amides is 1. The van der Waals surface area contributed by atoms with Gasteiger partial charge in [0, 0.05) is 10.5 Å². The number of methoxy groups -OCH3 is 1. The number of rotatable bonds is 5. The Morgan fingerprint density at radius 3 is 2.67 bits per heavy atom. The van der Waals surface area contributed by atoms with Gasteiger partial charge < -0.3 is 10.1 Å². The van der Waals surface area contributed by atoms with Crippen molar-refractivity contribution < 1.29 is 9.53 Å². The number of benzene rings is 2. The number of carbonyl (C=O) groups excluding carboxylic acids is 1. The summed E-state index contributed by atoms with van der Waals surface area (Å²) in [4.78, 5) is 13.4. The van der Waals surface area contributed by atoms with E-state index in [0.717, 1.165) is 27.6 Å². The van der Waals surface area contributed by atoms with Crippen molar-refractivity contribution in [3.8, 4) is 5.75 Å². The maximum absolute atomic E-state index is 12.4. The molecule has 1 N–H and O–H groups in total. The number of para-hydroxylation sites is 1. The van der Waals surface area contributed by atoms with E-state index < -0.39 is 0 Å². The van der Waals surface area contributed by atoms with Crippen molar-refractivity contribution in [2.24, 2.45) is 0 Å². The number of aryl methyl sites for hydroxylation is 1. The molecule has 2 aromatic carbocycles. The van der Waals surface area contributed by atoms with Crippen molar-refractivity contribution >= 4 is 23.4 Å². The molecule has 0 spiro atoms. The maximum Gasteiger partial charge on any atom is 0.255 e. The number of carbonyl (C=O) groups is 1. The molecule has 0 saturated carbocycles. The third-order valence-corrected chi connectivity index (χ3v) is 4.05. The van der Waals surface area contributed by atoms with Gasteiger partial charge in [0.25, 0.3) is 5.91 Å². The Morgan fingerprint density at radius 1 is 1.24 bits per heavy atom. The fraction of sp³-hybridized carbons (Fsp3) is 0.235. The molecule has 0 atom stereocenters. The minimum Gasteiger partial charge on any atom is -0.496 e. The molecule has 2 aromatic rings. The fourth-order valence-electron chi connectivity index (χ4n) is 2.07. The summed E-state index contributed by atoms with van der Waals surface area (Å²) in [5.41, 5.74) is 2.42. The van der Waals surface area contributed by atoms with Gasteiger partial charge in [0.05, 0.1) is 12.8 Å². The summed E-state index contributed by atoms with van der Waals surface area (Å²) in [7, 11) is 1.63. The van der Waals surface area contributed by atoms with E-state index >= 15 is 0 Å². The molecule has 0 fully saturated rings. The lowest BCUT2D eigenvalue weighted by Crippen LogP contribution is -2.12. The van der Waals surface area contributed by atoms with E-state index in [0.29, 0.717) is 5.56 Å². The Morgan fingerprint density at radius 2 is 2.00 bits per heavy atom. The van der Waals surface area contributed by atoms with Gasteiger partial charge in [-0.1, -0.05) is 19.1 Å². The highest BCUT2D eigenvalue weighted by atomic mass is 32.2. The number of ether oxygens (including phenoxy) is 1. The predicted molar refractivity (Wildman–Crippen MR) is 88.5 cm³/mol. The molecule has 3 nitrogen and oxygen atoms in total. The molecule has 0 aliphatic rings. The Bertz CT molecular complexity index is 640. The molecule has 0 heterocycles. The van der Waals surface area contributed by atoms with Crippen LogP contribution in [0.2, 0.25) is 0 Å². The second-order valence-electron chi connectivity index (χ2n) is 4.57. The van der Waals surface area contributed by atoms with Gasteiger partial charge in [-0.2, -0.15) is 0 Å². The van der Waals surface area contributed by atoms with Gasteiger partial charge >= 0.3 is 0 Å². The second kappa shape index (κ2) is 7.18. The van der Waals surface area contributed by atoms with Crippen molar-refractivity contribution in [3.63, 3.8) is 0 Å². The Balaban J connectivity index is 2.20. The molecular weight excluding hydrogens is 282 g/mol.